The molecule has 122 valence electrons. The van der Waals surface area contributed by atoms with Gasteiger partial charge in [-0.15, -0.1) is 0 Å². The summed E-state index contributed by atoms with van der Waals surface area (Å²) in [6, 6.07) is 17.7. The molecule has 0 spiro atoms. The van der Waals surface area contributed by atoms with Crippen LogP contribution in [0.3, 0.4) is 0 Å². The summed E-state index contributed by atoms with van der Waals surface area (Å²) in [6.45, 7) is 2.24. The van der Waals surface area contributed by atoms with Gasteiger partial charge in [0.25, 0.3) is 0 Å². The van der Waals surface area contributed by atoms with Crippen molar-refractivity contribution in [1.29, 1.82) is 0 Å². The number of para-hydroxylation sites is 2. The minimum absolute atomic E-state index is 0.0947. The first-order valence-corrected chi connectivity index (χ1v) is 8.28. The van der Waals surface area contributed by atoms with E-state index in [9.17, 15) is 4.79 Å². The van der Waals surface area contributed by atoms with Crippen LogP contribution in [0.4, 0.5) is 0 Å². The van der Waals surface area contributed by atoms with Crippen LogP contribution < -0.4 is 0 Å². The summed E-state index contributed by atoms with van der Waals surface area (Å²) in [6.07, 6.45) is 0.632. The van der Waals surface area contributed by atoms with E-state index in [0.717, 1.165) is 22.3 Å². The van der Waals surface area contributed by atoms with Gasteiger partial charge in [0.2, 0.25) is 0 Å². The topological polar surface area (TPSA) is 44.1 Å². The predicted octanol–water partition coefficient (Wildman–Crippen LogP) is 3.92. The van der Waals surface area contributed by atoms with Crippen molar-refractivity contribution >= 4 is 29.2 Å². The lowest BCUT2D eigenvalue weighted by atomic mass is 10.1. The lowest BCUT2D eigenvalue weighted by Crippen LogP contribution is -2.16. The largest absolute Gasteiger partial charge is 0.465 e. The van der Waals surface area contributed by atoms with Crippen molar-refractivity contribution in [2.75, 3.05) is 6.61 Å². The van der Waals surface area contributed by atoms with Gasteiger partial charge in [0.15, 0.2) is 0 Å². The number of esters is 1. The third kappa shape index (κ3) is 3.51. The summed E-state index contributed by atoms with van der Waals surface area (Å²) in [4.78, 5) is 16.7. The Labute approximate surface area is 145 Å². The normalized spacial score (nSPS) is 10.7. The first-order valence-electron chi connectivity index (χ1n) is 7.87. The molecule has 24 heavy (non-hydrogen) atoms. The van der Waals surface area contributed by atoms with Crippen molar-refractivity contribution in [2.24, 2.45) is 0 Å². The fourth-order valence-electron chi connectivity index (χ4n) is 2.64. The van der Waals surface area contributed by atoms with Gasteiger partial charge in [-0.1, -0.05) is 54.7 Å². The average Bonchev–Trinajstić information content (AvgIpc) is 2.60. The van der Waals surface area contributed by atoms with E-state index >= 15 is 0 Å². The Bertz CT molecular complexity index is 920. The second-order valence-electron chi connectivity index (χ2n) is 5.41. The summed E-state index contributed by atoms with van der Waals surface area (Å²) in [5.41, 5.74) is 3.59. The van der Waals surface area contributed by atoms with Gasteiger partial charge in [-0.3, -0.25) is 4.79 Å². The van der Waals surface area contributed by atoms with Gasteiger partial charge in [0, 0.05) is 6.42 Å². The van der Waals surface area contributed by atoms with Crippen molar-refractivity contribution < 1.29 is 9.53 Å². The van der Waals surface area contributed by atoms with Crippen LogP contribution in [-0.4, -0.2) is 22.1 Å². The smallest absolute Gasteiger partial charge is 0.325 e. The Morgan fingerprint density at radius 3 is 2.58 bits per heavy atom. The fourth-order valence-corrected chi connectivity index (χ4v) is 2.92. The Hall–Kier alpha value is -2.53. The number of carbonyl (C=O) groups excluding carboxylic acids is 1. The molecule has 0 fully saturated rings. The molecule has 2 aromatic carbocycles. The molecule has 0 saturated carbocycles. The third-order valence-electron chi connectivity index (χ3n) is 3.73. The zero-order valence-electron chi connectivity index (χ0n) is 13.4. The van der Waals surface area contributed by atoms with Crippen LogP contribution in [0.15, 0.2) is 54.6 Å². The lowest BCUT2D eigenvalue weighted by Gasteiger charge is -2.13. The van der Waals surface area contributed by atoms with E-state index in [1.165, 1.54) is 0 Å². The summed E-state index contributed by atoms with van der Waals surface area (Å²) in [5, 5.41) is 0. The molecule has 3 aromatic rings. The highest BCUT2D eigenvalue weighted by atomic mass is 32.1. The third-order valence-corrected chi connectivity index (χ3v) is 4.18. The Morgan fingerprint density at radius 2 is 1.83 bits per heavy atom. The van der Waals surface area contributed by atoms with Crippen molar-refractivity contribution in [3.8, 4) is 0 Å². The van der Waals surface area contributed by atoms with E-state index in [1.54, 1.807) is 6.92 Å². The zero-order chi connectivity index (χ0) is 16.9. The second-order valence-corrected chi connectivity index (χ2v) is 5.79. The number of aromatic nitrogens is 2. The number of fused-ring (bicyclic) bond motifs is 1. The van der Waals surface area contributed by atoms with Crippen molar-refractivity contribution in [3.63, 3.8) is 0 Å². The zero-order valence-corrected chi connectivity index (χ0v) is 14.3. The molecular formula is C19H18N2O2S. The highest BCUT2D eigenvalue weighted by Gasteiger charge is 2.12. The molecule has 0 aliphatic carbocycles. The van der Waals surface area contributed by atoms with Crippen LogP contribution in [0.1, 0.15) is 18.2 Å². The van der Waals surface area contributed by atoms with E-state index in [-0.39, 0.29) is 12.5 Å². The SMILES string of the molecule is CCOC(=O)Cn1c(=S)c(Cc2ccccc2)nc2ccccc21. The Balaban J connectivity index is 2.08. The van der Waals surface area contributed by atoms with Gasteiger partial charge >= 0.3 is 5.97 Å². The minimum Gasteiger partial charge on any atom is -0.465 e. The number of nitrogens with zero attached hydrogens (tertiary/aromatic N) is 2. The fraction of sp³-hybridized carbons (Fsp3) is 0.211. The molecule has 0 saturated heterocycles. The van der Waals surface area contributed by atoms with Gasteiger partial charge in [-0.05, 0) is 24.6 Å². The maximum absolute atomic E-state index is 12.0. The van der Waals surface area contributed by atoms with Crippen molar-refractivity contribution in [3.05, 3.63) is 70.5 Å². The van der Waals surface area contributed by atoms with Gasteiger partial charge in [-0.2, -0.15) is 0 Å². The maximum Gasteiger partial charge on any atom is 0.325 e. The standard InChI is InChI=1S/C19H18N2O2S/c1-2-23-18(22)13-21-17-11-7-6-10-15(17)20-16(19(21)24)12-14-8-4-3-5-9-14/h3-11H,2,12-13H2,1H3. The molecule has 0 aliphatic rings. The molecule has 1 heterocycles. The summed E-state index contributed by atoms with van der Waals surface area (Å²) in [5.74, 6) is -0.296. The molecule has 0 atom stereocenters. The molecule has 0 bridgehead atoms. The van der Waals surface area contributed by atoms with Crippen LogP contribution in [-0.2, 0) is 22.5 Å². The highest BCUT2D eigenvalue weighted by molar-refractivity contribution is 7.71. The molecule has 3 rings (SSSR count). The number of rotatable bonds is 5. The molecule has 1 aromatic heterocycles. The van der Waals surface area contributed by atoms with Crippen molar-refractivity contribution in [1.82, 2.24) is 9.55 Å². The number of carbonyl (C=O) groups is 1. The lowest BCUT2D eigenvalue weighted by molar-refractivity contribution is -0.143. The first-order chi connectivity index (χ1) is 11.7. The average molecular weight is 338 g/mol. The molecule has 0 N–H and O–H groups in total. The molecule has 0 radical (unpaired) electrons. The summed E-state index contributed by atoms with van der Waals surface area (Å²) >= 11 is 5.61. The number of benzene rings is 2. The summed E-state index contributed by atoms with van der Waals surface area (Å²) < 4.78 is 7.47. The van der Waals surface area contributed by atoms with Crippen LogP contribution in [0.2, 0.25) is 0 Å². The van der Waals surface area contributed by atoms with Gasteiger partial charge in [0.05, 0.1) is 23.3 Å². The molecule has 4 nitrogen and oxygen atoms in total. The van der Waals surface area contributed by atoms with Crippen LogP contribution in [0, 0.1) is 4.64 Å². The Kier molecular flexibility index (Phi) is 5.01. The van der Waals surface area contributed by atoms with Gasteiger partial charge < -0.3 is 9.30 Å². The number of hydrogen-bond acceptors (Lipinski definition) is 4. The number of ether oxygens (including phenoxy) is 1. The minimum atomic E-state index is -0.296. The molecule has 5 heteroatoms. The Morgan fingerprint density at radius 1 is 1.12 bits per heavy atom. The van der Waals surface area contributed by atoms with Crippen molar-refractivity contribution in [2.45, 2.75) is 19.9 Å². The molecule has 0 unspecified atom stereocenters. The van der Waals surface area contributed by atoms with E-state index in [1.807, 2.05) is 59.2 Å². The molecule has 0 amide bonds. The predicted molar refractivity (Wildman–Crippen MR) is 96.4 cm³/mol. The number of hydrogen-bond donors (Lipinski definition) is 0. The van der Waals surface area contributed by atoms with Crippen LogP contribution >= 0.6 is 12.2 Å². The van der Waals surface area contributed by atoms with Gasteiger partial charge in [0.1, 0.15) is 11.2 Å². The quantitative estimate of drug-likeness (QED) is 0.522. The van der Waals surface area contributed by atoms with E-state index < -0.39 is 0 Å². The van der Waals surface area contributed by atoms with E-state index in [2.05, 4.69) is 0 Å². The highest BCUT2D eigenvalue weighted by Crippen LogP contribution is 2.17. The monoisotopic (exact) mass is 338 g/mol. The summed E-state index contributed by atoms with van der Waals surface area (Å²) in [7, 11) is 0. The van der Waals surface area contributed by atoms with Crippen LogP contribution in [0.5, 0.6) is 0 Å². The first kappa shape index (κ1) is 16.3. The maximum atomic E-state index is 12.0. The van der Waals surface area contributed by atoms with E-state index in [0.29, 0.717) is 17.7 Å². The van der Waals surface area contributed by atoms with Crippen LogP contribution in [0.25, 0.3) is 11.0 Å². The van der Waals surface area contributed by atoms with E-state index in [4.69, 9.17) is 21.9 Å². The molecular weight excluding hydrogens is 320 g/mol. The van der Waals surface area contributed by atoms with Gasteiger partial charge in [-0.25, -0.2) is 4.98 Å². The molecule has 0 aliphatic heterocycles. The second kappa shape index (κ2) is 7.36.